The summed E-state index contributed by atoms with van der Waals surface area (Å²) in [6.45, 7) is 1.47. The van der Waals surface area contributed by atoms with Gasteiger partial charge in [-0.15, -0.1) is 0 Å². The third-order valence-corrected chi connectivity index (χ3v) is 0.481. The van der Waals surface area contributed by atoms with E-state index in [0.29, 0.717) is 0 Å². The Balaban J connectivity index is 2.82. The second-order valence-corrected chi connectivity index (χ2v) is 1.09. The van der Waals surface area contributed by atoms with E-state index in [0.717, 1.165) is 0 Å². The highest BCUT2D eigenvalue weighted by Gasteiger charge is 1.90. The van der Waals surface area contributed by atoms with Gasteiger partial charge in [-0.2, -0.15) is 0 Å². The number of aliphatic carboxylic acids is 1. The average molecular weight is 102 g/mol. The Morgan fingerprint density at radius 1 is 2.00 bits per heavy atom. The lowest BCUT2D eigenvalue weighted by molar-refractivity contribution is -0.136. The molecule has 0 aliphatic rings. The van der Waals surface area contributed by atoms with Crippen LogP contribution in [0.3, 0.4) is 0 Å². The number of hydrogen-bond acceptors (Lipinski definition) is 2. The minimum absolute atomic E-state index is 0.0799. The Morgan fingerprint density at radius 2 is 2.57 bits per heavy atom. The molecule has 0 rings (SSSR count). The second kappa shape index (κ2) is 3.61. The summed E-state index contributed by atoms with van der Waals surface area (Å²) in [6, 6.07) is 0. The van der Waals surface area contributed by atoms with E-state index in [-0.39, 0.29) is 6.42 Å². The van der Waals surface area contributed by atoms with Gasteiger partial charge in [0.25, 0.3) is 0 Å². The van der Waals surface area contributed by atoms with Gasteiger partial charge >= 0.3 is 5.97 Å². The van der Waals surface area contributed by atoms with Crippen molar-refractivity contribution in [1.82, 2.24) is 5.32 Å². The van der Waals surface area contributed by atoms with Gasteiger partial charge in [-0.1, -0.05) is 0 Å². The summed E-state index contributed by atoms with van der Waals surface area (Å²) in [5, 5.41) is 10.6. The van der Waals surface area contributed by atoms with E-state index in [4.69, 9.17) is 5.11 Å². The molecule has 0 aromatic carbocycles. The topological polar surface area (TPSA) is 49.3 Å². The molecule has 3 heteroatoms. The molecule has 0 atom stereocenters. The van der Waals surface area contributed by atoms with Crippen LogP contribution in [0.2, 0.25) is 0 Å². The van der Waals surface area contributed by atoms with Crippen LogP contribution in [-0.4, -0.2) is 18.1 Å². The van der Waals surface area contributed by atoms with Crippen molar-refractivity contribution in [2.45, 2.75) is 6.42 Å². The smallest absolute Gasteiger partial charge is 0.304 e. The molecule has 0 heterocycles. The number of carboxylic acid groups (broad SMARTS) is 1. The first-order chi connectivity index (χ1) is 3.27. The number of carbonyl (C=O) groups is 1. The van der Waals surface area contributed by atoms with Crippen LogP contribution in [0.15, 0.2) is 0 Å². The highest BCUT2D eigenvalue weighted by Crippen LogP contribution is 1.77. The molecule has 0 spiro atoms. The molecule has 0 saturated heterocycles. The van der Waals surface area contributed by atoms with Crippen LogP contribution in [0.4, 0.5) is 0 Å². The minimum Gasteiger partial charge on any atom is -0.481 e. The summed E-state index contributed by atoms with van der Waals surface area (Å²) in [6.07, 6.45) is 0.0799. The van der Waals surface area contributed by atoms with Gasteiger partial charge in [0.1, 0.15) is 0 Å². The lowest BCUT2D eigenvalue weighted by Crippen LogP contribution is -2.05. The second-order valence-electron chi connectivity index (χ2n) is 1.09. The van der Waals surface area contributed by atoms with E-state index in [2.05, 4.69) is 5.32 Å². The lowest BCUT2D eigenvalue weighted by atomic mass is 10.4. The zero-order valence-corrected chi connectivity index (χ0v) is 4.14. The molecule has 1 radical (unpaired) electrons. The molecule has 0 aliphatic carbocycles. The SMILES string of the molecule is CN[CH]CC(=O)O. The van der Waals surface area contributed by atoms with Crippen molar-refractivity contribution in [3.8, 4) is 0 Å². The molecule has 0 aliphatic heterocycles. The van der Waals surface area contributed by atoms with E-state index in [1.165, 1.54) is 6.54 Å². The van der Waals surface area contributed by atoms with Gasteiger partial charge in [0.2, 0.25) is 0 Å². The van der Waals surface area contributed by atoms with E-state index < -0.39 is 5.97 Å². The zero-order chi connectivity index (χ0) is 5.70. The Labute approximate surface area is 42.3 Å². The third-order valence-electron chi connectivity index (χ3n) is 0.481. The standard InChI is InChI=1S/C4H8NO2/c1-5-3-2-4(6)7/h3,5H,2H2,1H3,(H,6,7). The molecular weight excluding hydrogens is 94.0 g/mol. The third kappa shape index (κ3) is 5.43. The molecule has 0 aromatic heterocycles. The fourth-order valence-corrected chi connectivity index (χ4v) is 0.189. The Kier molecular flexibility index (Phi) is 3.32. The minimum atomic E-state index is -0.811. The molecule has 0 aromatic rings. The van der Waals surface area contributed by atoms with Crippen LogP contribution in [-0.2, 0) is 4.79 Å². The molecule has 0 fully saturated rings. The van der Waals surface area contributed by atoms with Crippen molar-refractivity contribution in [2.75, 3.05) is 7.05 Å². The van der Waals surface area contributed by atoms with Crippen LogP contribution in [0.1, 0.15) is 6.42 Å². The van der Waals surface area contributed by atoms with Crippen LogP contribution in [0.5, 0.6) is 0 Å². The van der Waals surface area contributed by atoms with Gasteiger partial charge in [0, 0.05) is 6.54 Å². The predicted molar refractivity (Wildman–Crippen MR) is 25.6 cm³/mol. The number of nitrogens with one attached hydrogen (secondary N) is 1. The van der Waals surface area contributed by atoms with E-state index in [1.807, 2.05) is 0 Å². The molecule has 2 N–H and O–H groups in total. The molecule has 7 heavy (non-hydrogen) atoms. The first-order valence-electron chi connectivity index (χ1n) is 1.98. The number of rotatable bonds is 3. The van der Waals surface area contributed by atoms with Crippen LogP contribution in [0.25, 0.3) is 0 Å². The maximum atomic E-state index is 9.69. The van der Waals surface area contributed by atoms with Crippen molar-refractivity contribution >= 4 is 5.97 Å². The van der Waals surface area contributed by atoms with Crippen LogP contribution < -0.4 is 5.32 Å². The Bertz CT molecular complexity index is 62.7. The summed E-state index contributed by atoms with van der Waals surface area (Å²) in [7, 11) is 1.67. The Hall–Kier alpha value is -0.570. The van der Waals surface area contributed by atoms with Crippen molar-refractivity contribution in [3.63, 3.8) is 0 Å². The molecule has 0 unspecified atom stereocenters. The molecule has 3 nitrogen and oxygen atoms in total. The fraction of sp³-hybridized carbons (Fsp3) is 0.500. The van der Waals surface area contributed by atoms with Gasteiger partial charge in [-0.25, -0.2) is 0 Å². The summed E-state index contributed by atoms with van der Waals surface area (Å²) < 4.78 is 0. The maximum Gasteiger partial charge on any atom is 0.304 e. The van der Waals surface area contributed by atoms with E-state index in [1.54, 1.807) is 7.05 Å². The van der Waals surface area contributed by atoms with Crippen molar-refractivity contribution in [3.05, 3.63) is 6.54 Å². The molecule has 0 saturated carbocycles. The molecule has 41 valence electrons. The molecule has 0 amide bonds. The zero-order valence-electron chi connectivity index (χ0n) is 4.14. The summed E-state index contributed by atoms with van der Waals surface area (Å²) >= 11 is 0. The quantitative estimate of drug-likeness (QED) is 0.520. The number of hydrogen-bond donors (Lipinski definition) is 2. The van der Waals surface area contributed by atoms with Crippen molar-refractivity contribution in [2.24, 2.45) is 0 Å². The maximum absolute atomic E-state index is 9.69. The monoisotopic (exact) mass is 102 g/mol. The van der Waals surface area contributed by atoms with Crippen LogP contribution >= 0.6 is 0 Å². The predicted octanol–water partition coefficient (Wildman–Crippen LogP) is -0.158. The highest BCUT2D eigenvalue weighted by atomic mass is 16.4. The highest BCUT2D eigenvalue weighted by molar-refractivity contribution is 5.67. The normalized spacial score (nSPS) is 8.71. The van der Waals surface area contributed by atoms with Crippen LogP contribution in [0, 0.1) is 6.54 Å². The Morgan fingerprint density at radius 3 is 2.71 bits per heavy atom. The van der Waals surface area contributed by atoms with Gasteiger partial charge in [-0.05, 0) is 7.05 Å². The first-order valence-corrected chi connectivity index (χ1v) is 1.98. The summed E-state index contributed by atoms with van der Waals surface area (Å²) in [5.41, 5.74) is 0. The average Bonchev–Trinajstić information content (AvgIpc) is 1.61. The van der Waals surface area contributed by atoms with E-state index in [9.17, 15) is 4.79 Å². The summed E-state index contributed by atoms with van der Waals surface area (Å²) in [5.74, 6) is -0.811. The number of carboxylic acids is 1. The van der Waals surface area contributed by atoms with Gasteiger partial charge in [-0.3, -0.25) is 4.79 Å². The summed E-state index contributed by atoms with van der Waals surface area (Å²) in [4.78, 5) is 9.69. The van der Waals surface area contributed by atoms with E-state index >= 15 is 0 Å². The molecular formula is C4H8NO2. The lowest BCUT2D eigenvalue weighted by Gasteiger charge is -1.88. The van der Waals surface area contributed by atoms with Gasteiger partial charge in [0.05, 0.1) is 6.42 Å². The van der Waals surface area contributed by atoms with Gasteiger partial charge in [0.15, 0.2) is 0 Å². The van der Waals surface area contributed by atoms with Crippen molar-refractivity contribution in [1.29, 1.82) is 0 Å². The fourth-order valence-electron chi connectivity index (χ4n) is 0.189. The largest absolute Gasteiger partial charge is 0.481 e. The molecule has 0 bridgehead atoms. The van der Waals surface area contributed by atoms with Crippen molar-refractivity contribution < 1.29 is 9.90 Å². The van der Waals surface area contributed by atoms with Gasteiger partial charge < -0.3 is 10.4 Å². The first kappa shape index (κ1) is 6.43.